The van der Waals surface area contributed by atoms with Gasteiger partial charge >= 0.3 is 0 Å². The van der Waals surface area contributed by atoms with E-state index in [0.29, 0.717) is 19.4 Å². The van der Waals surface area contributed by atoms with Crippen LogP contribution in [0.15, 0.2) is 36.4 Å². The average Bonchev–Trinajstić information content (AvgIpc) is 3.32. The van der Waals surface area contributed by atoms with E-state index in [9.17, 15) is 14.4 Å². The zero-order chi connectivity index (χ0) is 20.7. The smallest absolute Gasteiger partial charge is 0.233 e. The minimum atomic E-state index is -0.226. The molecule has 156 valence electrons. The zero-order valence-corrected chi connectivity index (χ0v) is 17.6. The van der Waals surface area contributed by atoms with E-state index >= 15 is 0 Å². The summed E-state index contributed by atoms with van der Waals surface area (Å²) < 4.78 is 1.18. The number of fused-ring (bicyclic) bond motifs is 2. The van der Waals surface area contributed by atoms with Crippen molar-refractivity contribution in [3.63, 3.8) is 0 Å². The van der Waals surface area contributed by atoms with Gasteiger partial charge in [0.15, 0.2) is 0 Å². The summed E-state index contributed by atoms with van der Waals surface area (Å²) in [4.78, 5) is 46.1. The molecule has 30 heavy (non-hydrogen) atoms. The summed E-state index contributed by atoms with van der Waals surface area (Å²) in [7, 11) is 0. The van der Waals surface area contributed by atoms with Gasteiger partial charge in [0, 0.05) is 32.0 Å². The van der Waals surface area contributed by atoms with Gasteiger partial charge in [0.25, 0.3) is 0 Å². The SMILES string of the molecule is O=C(CCN1C(=O)[C@@H]2CC=CC[C@H]2C1=O)N1CCC[C@H](c2nc3ccccc3s2)C1. The molecule has 2 fully saturated rings. The van der Waals surface area contributed by atoms with Gasteiger partial charge in [-0.15, -0.1) is 11.3 Å². The van der Waals surface area contributed by atoms with Crippen LogP contribution in [0.1, 0.15) is 43.0 Å². The van der Waals surface area contributed by atoms with Gasteiger partial charge in [0.1, 0.15) is 0 Å². The van der Waals surface area contributed by atoms with Crippen LogP contribution in [0.25, 0.3) is 10.2 Å². The molecule has 3 amide bonds. The predicted octanol–water partition coefficient (Wildman–Crippen LogP) is 3.34. The van der Waals surface area contributed by atoms with Gasteiger partial charge in [-0.05, 0) is 37.8 Å². The second-order valence-electron chi connectivity index (χ2n) is 8.43. The lowest BCUT2D eigenvalue weighted by Crippen LogP contribution is -2.41. The molecule has 3 aliphatic rings. The first-order valence-corrected chi connectivity index (χ1v) is 11.6. The molecule has 0 bridgehead atoms. The molecule has 0 radical (unpaired) electrons. The lowest BCUT2D eigenvalue weighted by Gasteiger charge is -2.32. The third-order valence-corrected chi connectivity index (χ3v) is 7.78. The largest absolute Gasteiger partial charge is 0.342 e. The van der Waals surface area contributed by atoms with Crippen molar-refractivity contribution < 1.29 is 14.4 Å². The van der Waals surface area contributed by atoms with E-state index in [1.807, 2.05) is 35.3 Å². The van der Waals surface area contributed by atoms with Crippen LogP contribution in [0.3, 0.4) is 0 Å². The highest BCUT2D eigenvalue weighted by atomic mass is 32.1. The van der Waals surface area contributed by atoms with Gasteiger partial charge in [-0.1, -0.05) is 24.3 Å². The van der Waals surface area contributed by atoms with Crippen LogP contribution in [-0.2, 0) is 14.4 Å². The molecule has 0 N–H and O–H groups in total. The van der Waals surface area contributed by atoms with Crippen LogP contribution in [0, 0.1) is 11.8 Å². The van der Waals surface area contributed by atoms with Gasteiger partial charge in [-0.2, -0.15) is 0 Å². The maximum Gasteiger partial charge on any atom is 0.233 e. The predicted molar refractivity (Wildman–Crippen MR) is 115 cm³/mol. The highest BCUT2D eigenvalue weighted by Gasteiger charge is 2.47. The normalized spacial score (nSPS) is 26.5. The summed E-state index contributed by atoms with van der Waals surface area (Å²) in [6.07, 6.45) is 7.42. The maximum atomic E-state index is 12.9. The van der Waals surface area contributed by atoms with E-state index in [0.717, 1.165) is 29.9 Å². The summed E-state index contributed by atoms with van der Waals surface area (Å²) in [6.45, 7) is 1.60. The van der Waals surface area contributed by atoms with E-state index in [2.05, 4.69) is 6.07 Å². The number of benzene rings is 1. The molecule has 7 heteroatoms. The summed E-state index contributed by atoms with van der Waals surface area (Å²) >= 11 is 1.71. The molecule has 1 aromatic heterocycles. The molecule has 3 heterocycles. The fourth-order valence-electron chi connectivity index (χ4n) is 4.92. The number of likely N-dealkylation sites (tertiary alicyclic amines) is 2. The molecule has 0 unspecified atom stereocenters. The Kier molecular flexibility index (Phi) is 5.15. The monoisotopic (exact) mass is 423 g/mol. The Morgan fingerprint density at radius 3 is 2.57 bits per heavy atom. The Labute approximate surface area is 179 Å². The van der Waals surface area contributed by atoms with Crippen LogP contribution in [0.4, 0.5) is 0 Å². The first-order chi connectivity index (χ1) is 14.6. The molecule has 0 saturated carbocycles. The van der Waals surface area contributed by atoms with Crippen LogP contribution in [0.5, 0.6) is 0 Å². The maximum absolute atomic E-state index is 12.9. The highest BCUT2D eigenvalue weighted by Crippen LogP contribution is 2.36. The van der Waals surface area contributed by atoms with Crippen LogP contribution in [-0.4, -0.2) is 52.1 Å². The standard InChI is InChI=1S/C23H25N3O3S/c27-20(11-13-26-22(28)16-7-1-2-8-17(16)23(26)29)25-12-5-6-15(14-25)21-24-18-9-3-4-10-19(18)30-21/h1-4,9-10,15-17H,5-8,11-14H2/t15-,16+,17+/m0/s1. The number of aromatic nitrogens is 1. The van der Waals surface area contributed by atoms with Crippen molar-refractivity contribution in [2.24, 2.45) is 11.8 Å². The Morgan fingerprint density at radius 2 is 1.83 bits per heavy atom. The van der Waals surface area contributed by atoms with Crippen LogP contribution >= 0.6 is 11.3 Å². The molecular weight excluding hydrogens is 398 g/mol. The Morgan fingerprint density at radius 1 is 1.10 bits per heavy atom. The van der Waals surface area contributed by atoms with Gasteiger partial charge in [-0.3, -0.25) is 19.3 Å². The van der Waals surface area contributed by atoms with Crippen molar-refractivity contribution in [2.75, 3.05) is 19.6 Å². The molecule has 1 aromatic carbocycles. The van der Waals surface area contributed by atoms with Crippen molar-refractivity contribution in [3.8, 4) is 0 Å². The number of hydrogen-bond donors (Lipinski definition) is 0. The zero-order valence-electron chi connectivity index (χ0n) is 16.8. The lowest BCUT2D eigenvalue weighted by atomic mass is 9.85. The Bertz CT molecular complexity index is 971. The summed E-state index contributed by atoms with van der Waals surface area (Å²) in [5.41, 5.74) is 1.02. The fourth-order valence-corrected chi connectivity index (χ4v) is 6.02. The number of nitrogens with zero attached hydrogens (tertiary/aromatic N) is 3. The Balaban J connectivity index is 1.21. The van der Waals surface area contributed by atoms with E-state index in [-0.39, 0.29) is 48.4 Å². The quantitative estimate of drug-likeness (QED) is 0.559. The minimum absolute atomic E-state index is 0.0226. The number of hydrogen-bond acceptors (Lipinski definition) is 5. The van der Waals surface area contributed by atoms with Gasteiger partial charge < -0.3 is 4.90 Å². The Hall–Kier alpha value is -2.54. The lowest BCUT2D eigenvalue weighted by molar-refractivity contribution is -0.141. The van der Waals surface area contributed by atoms with Crippen molar-refractivity contribution in [1.29, 1.82) is 0 Å². The molecule has 2 aliphatic heterocycles. The minimum Gasteiger partial charge on any atom is -0.342 e. The van der Waals surface area contributed by atoms with E-state index in [1.165, 1.54) is 9.60 Å². The molecule has 1 aliphatic carbocycles. The number of piperidine rings is 1. The summed E-state index contributed by atoms with van der Waals surface area (Å²) in [5, 5.41) is 1.09. The van der Waals surface area contributed by atoms with Crippen LogP contribution in [0.2, 0.25) is 0 Å². The third kappa shape index (κ3) is 3.45. The van der Waals surface area contributed by atoms with Crippen molar-refractivity contribution >= 4 is 39.3 Å². The summed E-state index contributed by atoms with van der Waals surface area (Å²) in [5.74, 6) is -0.383. The molecule has 2 saturated heterocycles. The first kappa shape index (κ1) is 19.4. The molecule has 2 aromatic rings. The van der Waals surface area contributed by atoms with Gasteiger partial charge in [-0.25, -0.2) is 4.98 Å². The molecule has 6 nitrogen and oxygen atoms in total. The second kappa shape index (κ2) is 7.95. The molecule has 0 spiro atoms. The number of rotatable bonds is 4. The van der Waals surface area contributed by atoms with Crippen molar-refractivity contribution in [1.82, 2.24) is 14.8 Å². The third-order valence-electron chi connectivity index (χ3n) is 6.58. The number of carbonyl (C=O) groups is 3. The van der Waals surface area contributed by atoms with Crippen LogP contribution < -0.4 is 0 Å². The number of para-hydroxylation sites is 1. The molecule has 5 rings (SSSR count). The average molecular weight is 424 g/mol. The topological polar surface area (TPSA) is 70.6 Å². The van der Waals surface area contributed by atoms with E-state index in [4.69, 9.17) is 4.98 Å². The number of amides is 3. The number of imide groups is 1. The fraction of sp³-hybridized carbons (Fsp3) is 0.478. The second-order valence-corrected chi connectivity index (χ2v) is 9.49. The first-order valence-electron chi connectivity index (χ1n) is 10.8. The molecular formula is C23H25N3O3S. The summed E-state index contributed by atoms with van der Waals surface area (Å²) in [6, 6.07) is 8.13. The number of carbonyl (C=O) groups excluding carboxylic acids is 3. The number of thiazole rings is 1. The van der Waals surface area contributed by atoms with Crippen molar-refractivity contribution in [3.05, 3.63) is 41.4 Å². The van der Waals surface area contributed by atoms with E-state index < -0.39 is 0 Å². The molecule has 3 atom stereocenters. The van der Waals surface area contributed by atoms with E-state index in [1.54, 1.807) is 11.3 Å². The van der Waals surface area contributed by atoms with Gasteiger partial charge in [0.2, 0.25) is 17.7 Å². The number of allylic oxidation sites excluding steroid dienone is 2. The highest BCUT2D eigenvalue weighted by molar-refractivity contribution is 7.18. The van der Waals surface area contributed by atoms with Crippen molar-refractivity contribution in [2.45, 2.75) is 38.0 Å². The van der Waals surface area contributed by atoms with Gasteiger partial charge in [0.05, 0.1) is 27.1 Å².